The number of rotatable bonds is 8. The van der Waals surface area contributed by atoms with Crippen LogP contribution < -0.4 is 14.8 Å². The van der Waals surface area contributed by atoms with Crippen molar-refractivity contribution in [3.8, 4) is 11.5 Å². The van der Waals surface area contributed by atoms with Crippen LogP contribution in [-0.4, -0.2) is 19.3 Å². The maximum atomic E-state index is 6.25. The summed E-state index contributed by atoms with van der Waals surface area (Å²) < 4.78 is 11.1. The minimum Gasteiger partial charge on any atom is -0.490 e. The predicted octanol–water partition coefficient (Wildman–Crippen LogP) is 4.22. The SMILES string of the molecule is C=CCOc1c(Cl)cc(CNC(C)C)cc1OCC.Cl. The lowest BCUT2D eigenvalue weighted by atomic mass is 10.2. The third-order valence-corrected chi connectivity index (χ3v) is 2.71. The summed E-state index contributed by atoms with van der Waals surface area (Å²) in [4.78, 5) is 0. The maximum absolute atomic E-state index is 6.25. The molecule has 0 atom stereocenters. The van der Waals surface area contributed by atoms with Gasteiger partial charge in [-0.1, -0.05) is 38.1 Å². The highest BCUT2D eigenvalue weighted by Crippen LogP contribution is 2.36. The van der Waals surface area contributed by atoms with Crippen molar-refractivity contribution in [2.75, 3.05) is 13.2 Å². The van der Waals surface area contributed by atoms with Gasteiger partial charge in [0.05, 0.1) is 11.6 Å². The number of halogens is 2. The molecule has 1 aromatic rings. The van der Waals surface area contributed by atoms with E-state index in [1.54, 1.807) is 6.08 Å². The van der Waals surface area contributed by atoms with E-state index in [0.717, 1.165) is 12.1 Å². The summed E-state index contributed by atoms with van der Waals surface area (Å²) >= 11 is 6.25. The zero-order chi connectivity index (χ0) is 14.3. The summed E-state index contributed by atoms with van der Waals surface area (Å²) in [5.41, 5.74) is 1.08. The van der Waals surface area contributed by atoms with Gasteiger partial charge in [0, 0.05) is 12.6 Å². The van der Waals surface area contributed by atoms with E-state index in [2.05, 4.69) is 25.7 Å². The third kappa shape index (κ3) is 6.04. The van der Waals surface area contributed by atoms with Gasteiger partial charge in [-0.05, 0) is 24.6 Å². The Balaban J connectivity index is 0.00000361. The van der Waals surface area contributed by atoms with Crippen molar-refractivity contribution >= 4 is 24.0 Å². The van der Waals surface area contributed by atoms with Crippen molar-refractivity contribution in [3.05, 3.63) is 35.4 Å². The van der Waals surface area contributed by atoms with Crippen molar-refractivity contribution in [1.82, 2.24) is 5.32 Å². The van der Waals surface area contributed by atoms with Crippen molar-refractivity contribution in [3.63, 3.8) is 0 Å². The quantitative estimate of drug-likeness (QED) is 0.727. The Morgan fingerprint density at radius 1 is 1.35 bits per heavy atom. The molecule has 3 nitrogen and oxygen atoms in total. The Morgan fingerprint density at radius 2 is 2.05 bits per heavy atom. The van der Waals surface area contributed by atoms with Crippen molar-refractivity contribution < 1.29 is 9.47 Å². The molecule has 1 N–H and O–H groups in total. The van der Waals surface area contributed by atoms with E-state index in [0.29, 0.717) is 35.8 Å². The summed E-state index contributed by atoms with van der Waals surface area (Å²) in [6.45, 7) is 11.5. The Hall–Kier alpha value is -0.900. The van der Waals surface area contributed by atoms with Gasteiger partial charge in [-0.15, -0.1) is 12.4 Å². The average molecular weight is 320 g/mol. The number of ether oxygens (including phenoxy) is 2. The van der Waals surface area contributed by atoms with Crippen molar-refractivity contribution in [1.29, 1.82) is 0 Å². The van der Waals surface area contributed by atoms with Crippen LogP contribution >= 0.6 is 24.0 Å². The monoisotopic (exact) mass is 319 g/mol. The molecule has 0 aliphatic heterocycles. The van der Waals surface area contributed by atoms with Gasteiger partial charge in [-0.25, -0.2) is 0 Å². The zero-order valence-corrected chi connectivity index (χ0v) is 13.8. The largest absolute Gasteiger partial charge is 0.490 e. The first kappa shape index (κ1) is 19.1. The molecule has 0 amide bonds. The van der Waals surface area contributed by atoms with Gasteiger partial charge >= 0.3 is 0 Å². The van der Waals surface area contributed by atoms with Gasteiger partial charge in [0.25, 0.3) is 0 Å². The highest BCUT2D eigenvalue weighted by atomic mass is 35.5. The van der Waals surface area contributed by atoms with E-state index < -0.39 is 0 Å². The van der Waals surface area contributed by atoms with E-state index in [1.165, 1.54) is 0 Å². The highest BCUT2D eigenvalue weighted by Gasteiger charge is 2.12. The first-order chi connectivity index (χ1) is 9.08. The van der Waals surface area contributed by atoms with Crippen LogP contribution in [0.5, 0.6) is 11.5 Å². The molecule has 0 unspecified atom stereocenters. The van der Waals surface area contributed by atoms with Gasteiger partial charge in [0.1, 0.15) is 6.61 Å². The van der Waals surface area contributed by atoms with Crippen LogP contribution in [0.15, 0.2) is 24.8 Å². The predicted molar refractivity (Wildman–Crippen MR) is 87.5 cm³/mol. The molecule has 20 heavy (non-hydrogen) atoms. The van der Waals surface area contributed by atoms with Crippen molar-refractivity contribution in [2.45, 2.75) is 33.4 Å². The summed E-state index contributed by atoms with van der Waals surface area (Å²) in [7, 11) is 0. The second-order valence-corrected chi connectivity index (χ2v) is 4.88. The molecular formula is C15H23Cl2NO2. The fourth-order valence-corrected chi connectivity index (χ4v) is 1.88. The summed E-state index contributed by atoms with van der Waals surface area (Å²) in [6.07, 6.45) is 1.68. The summed E-state index contributed by atoms with van der Waals surface area (Å²) in [5, 5.41) is 3.91. The topological polar surface area (TPSA) is 30.5 Å². The van der Waals surface area contributed by atoms with Crippen LogP contribution in [0, 0.1) is 0 Å². The van der Waals surface area contributed by atoms with Crippen molar-refractivity contribution in [2.24, 2.45) is 0 Å². The fourth-order valence-electron chi connectivity index (χ4n) is 1.59. The van der Waals surface area contributed by atoms with E-state index >= 15 is 0 Å². The normalized spacial score (nSPS) is 10.1. The second-order valence-electron chi connectivity index (χ2n) is 4.47. The van der Waals surface area contributed by atoms with E-state index in [9.17, 15) is 0 Å². The Bertz CT molecular complexity index is 423. The molecule has 1 rings (SSSR count). The minimum absolute atomic E-state index is 0. The molecule has 0 bridgehead atoms. The molecule has 5 heteroatoms. The third-order valence-electron chi connectivity index (χ3n) is 2.43. The van der Waals surface area contributed by atoms with E-state index in [4.69, 9.17) is 21.1 Å². The molecule has 0 heterocycles. The van der Waals surface area contributed by atoms with Gasteiger partial charge < -0.3 is 14.8 Å². The molecule has 0 aromatic heterocycles. The molecule has 0 saturated heterocycles. The lowest BCUT2D eigenvalue weighted by molar-refractivity contribution is 0.296. The molecule has 0 fully saturated rings. The Kier molecular flexibility index (Phi) is 9.47. The Morgan fingerprint density at radius 3 is 2.60 bits per heavy atom. The summed E-state index contributed by atoms with van der Waals surface area (Å²) in [6, 6.07) is 4.28. The van der Waals surface area contributed by atoms with Crippen LogP contribution in [-0.2, 0) is 6.54 Å². The summed E-state index contributed by atoms with van der Waals surface area (Å²) in [5.74, 6) is 1.26. The number of hydrogen-bond donors (Lipinski definition) is 1. The van der Waals surface area contributed by atoms with Crippen LogP contribution in [0.4, 0.5) is 0 Å². The molecule has 0 aliphatic carbocycles. The number of benzene rings is 1. The van der Waals surface area contributed by atoms with E-state index in [-0.39, 0.29) is 12.4 Å². The van der Waals surface area contributed by atoms with Crippen LogP contribution in [0.3, 0.4) is 0 Å². The van der Waals surface area contributed by atoms with Crippen LogP contribution in [0.1, 0.15) is 26.3 Å². The second kappa shape index (κ2) is 9.92. The Labute approximate surface area is 132 Å². The number of hydrogen-bond acceptors (Lipinski definition) is 3. The van der Waals surface area contributed by atoms with Crippen LogP contribution in [0.2, 0.25) is 5.02 Å². The van der Waals surface area contributed by atoms with E-state index in [1.807, 2.05) is 19.1 Å². The molecule has 1 aromatic carbocycles. The lowest BCUT2D eigenvalue weighted by Crippen LogP contribution is -2.21. The molecule has 0 radical (unpaired) electrons. The maximum Gasteiger partial charge on any atom is 0.180 e. The first-order valence-electron chi connectivity index (χ1n) is 6.50. The molecule has 0 spiro atoms. The molecular weight excluding hydrogens is 297 g/mol. The van der Waals surface area contributed by atoms with Gasteiger partial charge in [-0.3, -0.25) is 0 Å². The average Bonchev–Trinajstić information content (AvgIpc) is 2.36. The molecule has 114 valence electrons. The molecule has 0 saturated carbocycles. The lowest BCUT2D eigenvalue weighted by Gasteiger charge is -2.15. The van der Waals surface area contributed by atoms with Crippen LogP contribution in [0.25, 0.3) is 0 Å². The zero-order valence-electron chi connectivity index (χ0n) is 12.2. The number of nitrogens with one attached hydrogen (secondary N) is 1. The molecule has 0 aliphatic rings. The fraction of sp³-hybridized carbons (Fsp3) is 0.467. The van der Waals surface area contributed by atoms with Gasteiger partial charge in [0.15, 0.2) is 11.5 Å². The van der Waals surface area contributed by atoms with Gasteiger partial charge in [0.2, 0.25) is 0 Å². The smallest absolute Gasteiger partial charge is 0.180 e. The minimum atomic E-state index is 0. The first-order valence-corrected chi connectivity index (χ1v) is 6.88. The standard InChI is InChI=1S/C15H22ClNO2.ClH/c1-5-7-19-15-13(16)8-12(10-17-11(3)4)9-14(15)18-6-2;/h5,8-9,11,17H,1,6-7,10H2,2-4H3;1H. The highest BCUT2D eigenvalue weighted by molar-refractivity contribution is 6.32. The van der Waals surface area contributed by atoms with Gasteiger partial charge in [-0.2, -0.15) is 0 Å².